The van der Waals surface area contributed by atoms with Gasteiger partial charge in [-0.15, -0.1) is 0 Å². The molecule has 0 radical (unpaired) electrons. The van der Waals surface area contributed by atoms with Crippen LogP contribution in [0.4, 0.5) is 0 Å². The van der Waals surface area contributed by atoms with Crippen LogP contribution in [0.3, 0.4) is 0 Å². The van der Waals surface area contributed by atoms with Gasteiger partial charge in [0.1, 0.15) is 0 Å². The fourth-order valence-corrected chi connectivity index (χ4v) is 2.42. The van der Waals surface area contributed by atoms with Crippen LogP contribution in [0.15, 0.2) is 22.7 Å². The molecule has 1 aromatic carbocycles. The van der Waals surface area contributed by atoms with Gasteiger partial charge in [-0.2, -0.15) is 0 Å². The summed E-state index contributed by atoms with van der Waals surface area (Å²) in [5.41, 5.74) is 1.05. The monoisotopic (exact) mass is 258 g/mol. The van der Waals surface area contributed by atoms with Gasteiger partial charge in [-0.3, -0.25) is 0 Å². The van der Waals surface area contributed by atoms with E-state index in [1.165, 1.54) is 0 Å². The number of benzene rings is 1. The highest BCUT2D eigenvalue weighted by atomic mass is 79.9. The first-order valence-electron chi connectivity index (χ1n) is 4.46. The average Bonchev–Trinajstić information content (AvgIpc) is 2.02. The summed E-state index contributed by atoms with van der Waals surface area (Å²) in [6.07, 6.45) is 0. The summed E-state index contributed by atoms with van der Waals surface area (Å²) in [7, 11) is 1.65. The summed E-state index contributed by atoms with van der Waals surface area (Å²) in [4.78, 5) is 0. The minimum absolute atomic E-state index is 0.513. The maximum atomic E-state index is 9.99. The second kappa shape index (κ2) is 4.43. The van der Waals surface area contributed by atoms with Crippen molar-refractivity contribution in [3.05, 3.63) is 33.8 Å². The normalized spacial score (nSPS) is 11.8. The third-order valence-electron chi connectivity index (χ3n) is 2.01. The zero-order chi connectivity index (χ0) is 10.8. The van der Waals surface area contributed by atoms with E-state index >= 15 is 0 Å². The molecule has 0 heterocycles. The van der Waals surface area contributed by atoms with Crippen molar-refractivity contribution in [1.82, 2.24) is 0 Å². The lowest BCUT2D eigenvalue weighted by Gasteiger charge is -2.23. The lowest BCUT2D eigenvalue weighted by atomic mass is 9.93. The number of ether oxygens (including phenoxy) is 1. The minimum atomic E-state index is -0.853. The van der Waals surface area contributed by atoms with E-state index < -0.39 is 5.60 Å². The lowest BCUT2D eigenvalue weighted by molar-refractivity contribution is 0.0739. The van der Waals surface area contributed by atoms with E-state index in [0.29, 0.717) is 6.61 Å². The van der Waals surface area contributed by atoms with Crippen molar-refractivity contribution >= 4 is 15.9 Å². The van der Waals surface area contributed by atoms with Crippen LogP contribution in [0.2, 0.25) is 0 Å². The Labute approximate surface area is 93.0 Å². The van der Waals surface area contributed by atoms with Crippen LogP contribution in [0.25, 0.3) is 0 Å². The van der Waals surface area contributed by atoms with E-state index in [4.69, 9.17) is 4.74 Å². The molecule has 0 aliphatic heterocycles. The number of hydrogen-bond donors (Lipinski definition) is 1. The molecule has 0 saturated carbocycles. The lowest BCUT2D eigenvalue weighted by Crippen LogP contribution is -2.19. The fourth-order valence-electron chi connectivity index (χ4n) is 1.53. The Bertz CT molecular complexity index is 316. The van der Waals surface area contributed by atoms with Crippen molar-refractivity contribution < 1.29 is 9.84 Å². The van der Waals surface area contributed by atoms with Gasteiger partial charge in [-0.1, -0.05) is 28.1 Å². The first-order valence-corrected chi connectivity index (χ1v) is 5.25. The van der Waals surface area contributed by atoms with Crippen molar-refractivity contribution in [2.24, 2.45) is 0 Å². The number of aliphatic hydroxyl groups is 1. The average molecular weight is 259 g/mol. The molecule has 0 spiro atoms. The Morgan fingerprint density at radius 3 is 2.57 bits per heavy atom. The summed E-state index contributed by atoms with van der Waals surface area (Å²) in [5.74, 6) is 0. The Kier molecular flexibility index (Phi) is 3.70. The molecule has 78 valence electrons. The van der Waals surface area contributed by atoms with E-state index in [1.807, 2.05) is 18.2 Å². The number of hydrogen-bond acceptors (Lipinski definition) is 2. The molecule has 1 aromatic rings. The van der Waals surface area contributed by atoms with Gasteiger partial charge in [0.05, 0.1) is 12.2 Å². The van der Waals surface area contributed by atoms with Crippen LogP contribution in [-0.4, -0.2) is 12.2 Å². The minimum Gasteiger partial charge on any atom is -0.386 e. The van der Waals surface area contributed by atoms with Crippen LogP contribution in [0.5, 0.6) is 0 Å². The summed E-state index contributed by atoms with van der Waals surface area (Å²) < 4.78 is 6.00. The van der Waals surface area contributed by atoms with Gasteiger partial charge < -0.3 is 9.84 Å². The second-order valence-corrected chi connectivity index (χ2v) is 4.62. The molecule has 1 N–H and O–H groups in total. The molecular formula is C11H15BrO2. The van der Waals surface area contributed by atoms with Gasteiger partial charge in [-0.25, -0.2) is 0 Å². The van der Waals surface area contributed by atoms with Crippen LogP contribution in [0, 0.1) is 0 Å². The van der Waals surface area contributed by atoms with Gasteiger partial charge in [0.25, 0.3) is 0 Å². The van der Waals surface area contributed by atoms with Crippen LogP contribution in [-0.2, 0) is 16.9 Å². The second-order valence-electron chi connectivity index (χ2n) is 3.77. The Morgan fingerprint density at radius 1 is 1.43 bits per heavy atom. The Morgan fingerprint density at radius 2 is 2.07 bits per heavy atom. The maximum absolute atomic E-state index is 9.99. The number of halogens is 1. The van der Waals surface area contributed by atoms with E-state index in [2.05, 4.69) is 15.9 Å². The molecule has 3 heteroatoms. The molecular weight excluding hydrogens is 244 g/mol. The van der Waals surface area contributed by atoms with Crippen molar-refractivity contribution in [2.45, 2.75) is 26.1 Å². The van der Waals surface area contributed by atoms with Crippen LogP contribution >= 0.6 is 15.9 Å². The smallest absolute Gasteiger partial charge is 0.0854 e. The zero-order valence-electron chi connectivity index (χ0n) is 8.67. The molecule has 0 unspecified atom stereocenters. The van der Waals surface area contributed by atoms with E-state index in [9.17, 15) is 5.11 Å². The zero-order valence-corrected chi connectivity index (χ0v) is 10.3. The molecule has 0 bridgehead atoms. The first-order chi connectivity index (χ1) is 6.46. The highest BCUT2D eigenvalue weighted by molar-refractivity contribution is 9.10. The number of rotatable bonds is 3. The van der Waals surface area contributed by atoms with Crippen LogP contribution in [0.1, 0.15) is 25.0 Å². The Hall–Kier alpha value is -0.380. The summed E-state index contributed by atoms with van der Waals surface area (Å²) in [6.45, 7) is 4.05. The summed E-state index contributed by atoms with van der Waals surface area (Å²) in [5, 5.41) is 9.99. The quantitative estimate of drug-likeness (QED) is 0.904. The van der Waals surface area contributed by atoms with Gasteiger partial charge >= 0.3 is 0 Å². The summed E-state index contributed by atoms with van der Waals surface area (Å²) >= 11 is 3.44. The molecule has 1 rings (SSSR count). The largest absolute Gasteiger partial charge is 0.386 e. The molecule has 0 aliphatic carbocycles. The highest BCUT2D eigenvalue weighted by Gasteiger charge is 2.22. The third-order valence-corrected chi connectivity index (χ3v) is 2.67. The topological polar surface area (TPSA) is 29.5 Å². The van der Waals surface area contributed by atoms with Gasteiger partial charge in [0.15, 0.2) is 0 Å². The van der Waals surface area contributed by atoms with Crippen LogP contribution < -0.4 is 0 Å². The van der Waals surface area contributed by atoms with E-state index in [-0.39, 0.29) is 0 Å². The highest BCUT2D eigenvalue weighted by Crippen LogP contribution is 2.31. The fraction of sp³-hybridized carbons (Fsp3) is 0.455. The predicted molar refractivity (Wildman–Crippen MR) is 60.1 cm³/mol. The van der Waals surface area contributed by atoms with Gasteiger partial charge in [0, 0.05) is 17.1 Å². The number of methoxy groups -OCH3 is 1. The molecule has 0 aromatic heterocycles. The predicted octanol–water partition coefficient (Wildman–Crippen LogP) is 2.82. The van der Waals surface area contributed by atoms with Crippen molar-refractivity contribution in [3.8, 4) is 0 Å². The van der Waals surface area contributed by atoms with Crippen molar-refractivity contribution in [2.75, 3.05) is 7.11 Å². The standard InChI is InChI=1S/C11H15BrO2/c1-11(2,13)10-8(7-14-3)5-4-6-9(10)12/h4-6,13H,7H2,1-3H3. The van der Waals surface area contributed by atoms with Gasteiger partial charge in [0.2, 0.25) is 0 Å². The van der Waals surface area contributed by atoms with E-state index in [1.54, 1.807) is 21.0 Å². The molecule has 0 saturated heterocycles. The maximum Gasteiger partial charge on any atom is 0.0854 e. The third kappa shape index (κ3) is 2.56. The first kappa shape index (κ1) is 11.7. The van der Waals surface area contributed by atoms with E-state index in [0.717, 1.165) is 15.6 Å². The van der Waals surface area contributed by atoms with Crippen molar-refractivity contribution in [3.63, 3.8) is 0 Å². The van der Waals surface area contributed by atoms with Crippen molar-refractivity contribution in [1.29, 1.82) is 0 Å². The molecule has 0 aliphatic rings. The molecule has 0 atom stereocenters. The van der Waals surface area contributed by atoms with Gasteiger partial charge in [-0.05, 0) is 25.5 Å². The molecule has 0 amide bonds. The Balaban J connectivity index is 3.22. The SMILES string of the molecule is COCc1cccc(Br)c1C(C)(C)O. The molecule has 0 fully saturated rings. The summed E-state index contributed by atoms with van der Waals surface area (Å²) in [6, 6.07) is 5.82. The molecule has 14 heavy (non-hydrogen) atoms. The molecule has 2 nitrogen and oxygen atoms in total.